The van der Waals surface area contributed by atoms with Gasteiger partial charge in [0.2, 0.25) is 5.91 Å². The number of benzene rings is 2. The Bertz CT molecular complexity index is 1340. The second-order valence-corrected chi connectivity index (χ2v) is 8.52. The van der Waals surface area contributed by atoms with Gasteiger partial charge in [0.1, 0.15) is 11.3 Å². The van der Waals surface area contributed by atoms with E-state index in [4.69, 9.17) is 10.7 Å². The summed E-state index contributed by atoms with van der Waals surface area (Å²) in [6.45, 7) is 2.82. The number of hydrogen-bond acceptors (Lipinski definition) is 6. The lowest BCUT2D eigenvalue weighted by atomic mass is 10.1. The van der Waals surface area contributed by atoms with Crippen LogP contribution in [0.2, 0.25) is 0 Å². The van der Waals surface area contributed by atoms with Crippen LogP contribution in [0, 0.1) is 0 Å². The minimum atomic E-state index is -0.164. The molecule has 0 aliphatic rings. The molecule has 4 rings (SSSR count). The minimum Gasteiger partial charge on any atom is -0.504 e. The molecule has 0 aliphatic carbocycles. The maximum absolute atomic E-state index is 11.7. The van der Waals surface area contributed by atoms with Crippen molar-refractivity contribution in [2.45, 2.75) is 39.3 Å². The minimum absolute atomic E-state index is 0.0954. The van der Waals surface area contributed by atoms with Crippen molar-refractivity contribution in [1.29, 1.82) is 0 Å². The number of rotatable bonds is 8. The predicted octanol–water partition coefficient (Wildman–Crippen LogP) is 3.98. The fraction of sp³-hybridized carbons (Fsp3) is 0.292. The Morgan fingerprint density at radius 1 is 1.21 bits per heavy atom. The first kappa shape index (κ1) is 22.8. The largest absolute Gasteiger partial charge is 0.504 e. The summed E-state index contributed by atoms with van der Waals surface area (Å²) >= 11 is 3.16. The molecule has 0 radical (unpaired) electrons. The van der Waals surface area contributed by atoms with Crippen molar-refractivity contribution in [2.24, 2.45) is 0 Å². The number of nitrogen functional groups attached to an aromatic ring is 1. The number of aryl methyl sites for hydroxylation is 1. The van der Waals surface area contributed by atoms with Crippen LogP contribution in [-0.4, -0.2) is 36.0 Å². The predicted molar refractivity (Wildman–Crippen MR) is 133 cm³/mol. The quantitative estimate of drug-likeness (QED) is 0.209. The Kier molecular flexibility index (Phi) is 6.69. The number of alkyl halides is 1. The van der Waals surface area contributed by atoms with E-state index in [2.05, 4.69) is 33.2 Å². The molecule has 0 fully saturated rings. The van der Waals surface area contributed by atoms with Crippen LogP contribution in [0.15, 0.2) is 36.4 Å². The lowest BCUT2D eigenvalue weighted by Gasteiger charge is -2.13. The van der Waals surface area contributed by atoms with Crippen LogP contribution in [0.1, 0.15) is 36.7 Å². The molecule has 2 aromatic carbocycles. The molecule has 4 aromatic rings. The van der Waals surface area contributed by atoms with Gasteiger partial charge < -0.3 is 25.8 Å². The Labute approximate surface area is 199 Å². The molecule has 0 spiro atoms. The molecular formula is C24H26BrN5O3. The molecule has 2 aromatic heterocycles. The molecular weight excluding hydrogens is 486 g/mol. The van der Waals surface area contributed by atoms with Crippen molar-refractivity contribution in [3.8, 4) is 11.5 Å². The molecule has 0 saturated carbocycles. The number of aromatic nitrogens is 3. The summed E-state index contributed by atoms with van der Waals surface area (Å²) in [6.07, 6.45) is 2.70. The number of halogens is 1. The summed E-state index contributed by atoms with van der Waals surface area (Å²) in [5.74, 6) is 0.776. The van der Waals surface area contributed by atoms with Crippen LogP contribution in [-0.2, 0) is 24.3 Å². The Balaban J connectivity index is 1.91. The van der Waals surface area contributed by atoms with Crippen LogP contribution >= 0.6 is 15.9 Å². The first-order chi connectivity index (χ1) is 15.9. The summed E-state index contributed by atoms with van der Waals surface area (Å²) in [6, 6.07) is 10.7. The fourth-order valence-corrected chi connectivity index (χ4v) is 4.13. The van der Waals surface area contributed by atoms with Gasteiger partial charge in [-0.05, 0) is 30.2 Å². The van der Waals surface area contributed by atoms with E-state index < -0.39 is 0 Å². The molecule has 172 valence electrons. The highest BCUT2D eigenvalue weighted by atomic mass is 79.9. The van der Waals surface area contributed by atoms with Gasteiger partial charge in [0.15, 0.2) is 17.3 Å². The number of carbonyl (C=O) groups is 1. The van der Waals surface area contributed by atoms with Crippen molar-refractivity contribution in [1.82, 2.24) is 19.9 Å². The van der Waals surface area contributed by atoms with Gasteiger partial charge in [0, 0.05) is 23.9 Å². The van der Waals surface area contributed by atoms with E-state index in [0.29, 0.717) is 30.0 Å². The molecule has 9 heteroatoms. The smallest absolute Gasteiger partial charge is 0.230 e. The lowest BCUT2D eigenvalue weighted by molar-refractivity contribution is -0.118. The Hall–Kier alpha value is -3.33. The third-order valence-corrected chi connectivity index (χ3v) is 6.15. The highest BCUT2D eigenvalue weighted by Gasteiger charge is 2.19. The third-order valence-electron chi connectivity index (χ3n) is 5.64. The van der Waals surface area contributed by atoms with Crippen LogP contribution < -0.4 is 11.1 Å². The van der Waals surface area contributed by atoms with Gasteiger partial charge in [-0.25, -0.2) is 9.97 Å². The van der Waals surface area contributed by atoms with Gasteiger partial charge in [-0.3, -0.25) is 4.79 Å². The lowest BCUT2D eigenvalue weighted by Crippen LogP contribution is -2.23. The first-order valence-corrected chi connectivity index (χ1v) is 11.9. The van der Waals surface area contributed by atoms with Gasteiger partial charge in [-0.15, -0.1) is 0 Å². The monoisotopic (exact) mass is 511 g/mol. The van der Waals surface area contributed by atoms with Crippen molar-refractivity contribution >= 4 is 49.6 Å². The van der Waals surface area contributed by atoms with E-state index >= 15 is 0 Å². The molecule has 8 nitrogen and oxygen atoms in total. The van der Waals surface area contributed by atoms with E-state index in [1.54, 1.807) is 12.1 Å². The summed E-state index contributed by atoms with van der Waals surface area (Å²) in [5.41, 5.74) is 9.95. The molecule has 2 heterocycles. The fourth-order valence-electron chi connectivity index (χ4n) is 3.93. The van der Waals surface area contributed by atoms with Gasteiger partial charge in [-0.1, -0.05) is 47.5 Å². The van der Waals surface area contributed by atoms with E-state index in [1.807, 2.05) is 22.8 Å². The van der Waals surface area contributed by atoms with Crippen LogP contribution in [0.5, 0.6) is 11.5 Å². The molecule has 5 N–H and O–H groups in total. The average Bonchev–Trinajstić information content (AvgIpc) is 3.18. The molecule has 0 saturated heterocycles. The molecule has 0 bridgehead atoms. The second-order valence-electron chi connectivity index (χ2n) is 7.96. The number of aromatic hydroxyl groups is 2. The highest BCUT2D eigenvalue weighted by Crippen LogP contribution is 2.34. The first-order valence-electron chi connectivity index (χ1n) is 10.8. The summed E-state index contributed by atoms with van der Waals surface area (Å²) in [7, 11) is 0. The van der Waals surface area contributed by atoms with Gasteiger partial charge in [-0.2, -0.15) is 0 Å². The number of carbonyl (C=O) groups excluding carboxylic acids is 1. The maximum atomic E-state index is 11.7. The molecule has 33 heavy (non-hydrogen) atoms. The number of nitrogens with one attached hydrogen (secondary N) is 1. The van der Waals surface area contributed by atoms with Gasteiger partial charge in [0.25, 0.3) is 0 Å². The number of hydrogen-bond donors (Lipinski definition) is 4. The zero-order valence-electron chi connectivity index (χ0n) is 18.3. The summed E-state index contributed by atoms with van der Waals surface area (Å²) < 4.78 is 2.04. The Morgan fingerprint density at radius 3 is 2.79 bits per heavy atom. The highest BCUT2D eigenvalue weighted by molar-refractivity contribution is 9.09. The number of anilines is 1. The SMILES string of the molecule is CCCCc1nc2c(N)nc3ccc(CNC(=O)CBr)cc3c2n1Cc1cccc(O)c1O. The van der Waals surface area contributed by atoms with Crippen LogP contribution in [0.25, 0.3) is 21.9 Å². The van der Waals surface area contributed by atoms with Crippen molar-refractivity contribution in [2.75, 3.05) is 11.1 Å². The third kappa shape index (κ3) is 4.59. The molecule has 0 aliphatic heterocycles. The van der Waals surface area contributed by atoms with Crippen LogP contribution in [0.3, 0.4) is 0 Å². The number of pyridine rings is 1. The molecule has 0 unspecified atom stereocenters. The number of imidazole rings is 1. The number of para-hydroxylation sites is 1. The number of amides is 1. The topological polar surface area (TPSA) is 126 Å². The Morgan fingerprint density at radius 2 is 2.03 bits per heavy atom. The van der Waals surface area contributed by atoms with Crippen LogP contribution in [0.4, 0.5) is 5.82 Å². The zero-order chi connectivity index (χ0) is 23.5. The molecule has 1 amide bonds. The second kappa shape index (κ2) is 9.66. The molecule has 0 atom stereocenters. The van der Waals surface area contributed by atoms with Crippen molar-refractivity contribution < 1.29 is 15.0 Å². The maximum Gasteiger partial charge on any atom is 0.230 e. The summed E-state index contributed by atoms with van der Waals surface area (Å²) in [4.78, 5) is 21.0. The van der Waals surface area contributed by atoms with E-state index in [9.17, 15) is 15.0 Å². The standard InChI is InChI=1S/C24H26BrN5O3/c1-2-3-7-19-29-21-22(30(19)13-15-5-4-6-18(31)23(15)33)16-10-14(12-27-20(32)11-25)8-9-17(16)28-24(21)26/h4-6,8-10,31,33H,2-3,7,11-13H2,1H3,(H2,26,28)(H,27,32). The van der Waals surface area contributed by atoms with Crippen molar-refractivity contribution in [3.63, 3.8) is 0 Å². The number of nitrogens with two attached hydrogens (primary N) is 1. The summed E-state index contributed by atoms with van der Waals surface area (Å²) in [5, 5.41) is 24.4. The van der Waals surface area contributed by atoms with E-state index in [1.165, 1.54) is 6.07 Å². The number of fused-ring (bicyclic) bond motifs is 3. The average molecular weight is 512 g/mol. The number of unbranched alkanes of at least 4 members (excludes halogenated alkanes) is 1. The normalized spacial score (nSPS) is 11.3. The van der Waals surface area contributed by atoms with E-state index in [0.717, 1.165) is 47.1 Å². The van der Waals surface area contributed by atoms with E-state index in [-0.39, 0.29) is 22.7 Å². The number of phenolic OH excluding ortho intramolecular Hbond substituents is 2. The van der Waals surface area contributed by atoms with Gasteiger partial charge >= 0.3 is 0 Å². The zero-order valence-corrected chi connectivity index (χ0v) is 19.9. The van der Waals surface area contributed by atoms with Crippen molar-refractivity contribution in [3.05, 3.63) is 53.3 Å². The number of phenols is 2. The van der Waals surface area contributed by atoms with Gasteiger partial charge in [0.05, 0.1) is 22.9 Å². The number of nitrogens with zero attached hydrogens (tertiary/aromatic N) is 3.